The van der Waals surface area contributed by atoms with E-state index in [2.05, 4.69) is 0 Å². The summed E-state index contributed by atoms with van der Waals surface area (Å²) in [5, 5.41) is 11.4. The van der Waals surface area contributed by atoms with Gasteiger partial charge in [-0.25, -0.2) is 0 Å². The number of aliphatic hydroxyl groups is 1. The first-order chi connectivity index (χ1) is 13.5. The van der Waals surface area contributed by atoms with Crippen LogP contribution in [-0.4, -0.2) is 40.6 Å². The molecule has 6 heteroatoms. The van der Waals surface area contributed by atoms with Crippen LogP contribution in [0.25, 0.3) is 0 Å². The Bertz CT molecular complexity index is 869. The number of hydrogen-bond acceptors (Lipinski definition) is 6. The van der Waals surface area contributed by atoms with Crippen molar-refractivity contribution < 1.29 is 29.0 Å². The smallest absolute Gasteiger partial charge is 0.303 e. The van der Waals surface area contributed by atoms with Crippen molar-refractivity contribution in [3.8, 4) is 0 Å². The third-order valence-electron chi connectivity index (χ3n) is 8.28. The maximum atomic E-state index is 13.4. The minimum Gasteiger partial charge on any atom is -0.458 e. The quantitative estimate of drug-likeness (QED) is 0.730. The molecule has 0 spiro atoms. The van der Waals surface area contributed by atoms with E-state index in [0.29, 0.717) is 6.42 Å². The van der Waals surface area contributed by atoms with Gasteiger partial charge >= 0.3 is 5.97 Å². The standard InChI is InChI=1S/C23H28O6/c1-13(24)29-12-19(27)23(28)9-7-17-16-5-4-14-10-15(25)6-8-21(14,2)20(16)18(26)11-22(17,23)3/h6,8,10,16-17,20,28H,4-5,7,9,11-12H2,1-3H3/t16?,17-,20+,21?,22?,23-/m0/s1. The van der Waals surface area contributed by atoms with E-state index in [4.69, 9.17) is 4.74 Å². The summed E-state index contributed by atoms with van der Waals surface area (Å²) in [6.07, 6.45) is 7.68. The van der Waals surface area contributed by atoms with Gasteiger partial charge in [-0.1, -0.05) is 25.5 Å². The maximum absolute atomic E-state index is 13.4. The van der Waals surface area contributed by atoms with Crippen molar-refractivity contribution in [2.45, 2.75) is 58.5 Å². The maximum Gasteiger partial charge on any atom is 0.303 e. The molecule has 6 atom stereocenters. The normalized spacial score (nSPS) is 43.2. The van der Waals surface area contributed by atoms with Crippen molar-refractivity contribution >= 4 is 23.3 Å². The largest absolute Gasteiger partial charge is 0.458 e. The first kappa shape index (κ1) is 20.2. The highest BCUT2D eigenvalue weighted by Gasteiger charge is 2.68. The van der Waals surface area contributed by atoms with Gasteiger partial charge in [0.15, 0.2) is 12.4 Å². The lowest BCUT2D eigenvalue weighted by Crippen LogP contribution is -2.60. The van der Waals surface area contributed by atoms with Crippen LogP contribution in [0, 0.1) is 28.6 Å². The van der Waals surface area contributed by atoms with Crippen molar-refractivity contribution in [2.24, 2.45) is 28.6 Å². The Morgan fingerprint density at radius 1 is 1.24 bits per heavy atom. The molecule has 0 aliphatic heterocycles. The monoisotopic (exact) mass is 400 g/mol. The van der Waals surface area contributed by atoms with Gasteiger partial charge in [0.1, 0.15) is 11.4 Å². The van der Waals surface area contributed by atoms with Crippen LogP contribution >= 0.6 is 0 Å². The minimum absolute atomic E-state index is 0.0286. The van der Waals surface area contributed by atoms with Gasteiger partial charge in [0, 0.05) is 30.1 Å². The summed E-state index contributed by atoms with van der Waals surface area (Å²) < 4.78 is 4.85. The molecule has 4 rings (SSSR count). The fourth-order valence-corrected chi connectivity index (χ4v) is 6.78. The molecule has 0 heterocycles. The van der Waals surface area contributed by atoms with Gasteiger partial charge in [0.05, 0.1) is 0 Å². The van der Waals surface area contributed by atoms with Crippen LogP contribution in [0.1, 0.15) is 52.9 Å². The van der Waals surface area contributed by atoms with E-state index in [0.717, 1.165) is 18.4 Å². The molecule has 3 unspecified atom stereocenters. The number of rotatable bonds is 3. The van der Waals surface area contributed by atoms with E-state index in [-0.39, 0.29) is 42.2 Å². The predicted octanol–water partition coefficient (Wildman–Crippen LogP) is 2.34. The average Bonchev–Trinajstić information content (AvgIpc) is 2.91. The Morgan fingerprint density at radius 2 is 1.97 bits per heavy atom. The fraction of sp³-hybridized carbons (Fsp3) is 0.652. The van der Waals surface area contributed by atoms with Crippen molar-refractivity contribution in [1.29, 1.82) is 0 Å². The summed E-state index contributed by atoms with van der Waals surface area (Å²) in [4.78, 5) is 49.2. The Labute approximate surface area is 170 Å². The molecule has 29 heavy (non-hydrogen) atoms. The molecular weight excluding hydrogens is 372 g/mol. The highest BCUT2D eigenvalue weighted by atomic mass is 16.5. The molecule has 156 valence electrons. The molecule has 0 bridgehead atoms. The lowest BCUT2D eigenvalue weighted by atomic mass is 9.46. The van der Waals surface area contributed by atoms with Crippen LogP contribution < -0.4 is 0 Å². The summed E-state index contributed by atoms with van der Waals surface area (Å²) in [6.45, 7) is 4.64. The number of Topliss-reactive ketones (excluding diaryl/α,β-unsaturated/α-hetero) is 2. The topological polar surface area (TPSA) is 97.7 Å². The fourth-order valence-electron chi connectivity index (χ4n) is 6.78. The van der Waals surface area contributed by atoms with E-state index in [1.165, 1.54) is 6.92 Å². The van der Waals surface area contributed by atoms with Gasteiger partial charge in [0.25, 0.3) is 0 Å². The highest BCUT2D eigenvalue weighted by Crippen LogP contribution is 2.66. The van der Waals surface area contributed by atoms with Gasteiger partial charge in [0.2, 0.25) is 5.78 Å². The second kappa shape index (κ2) is 6.46. The molecule has 3 fully saturated rings. The molecular formula is C23H28O6. The van der Waals surface area contributed by atoms with E-state index < -0.39 is 34.8 Å². The van der Waals surface area contributed by atoms with Crippen LogP contribution in [-0.2, 0) is 23.9 Å². The van der Waals surface area contributed by atoms with Crippen LogP contribution in [0.4, 0.5) is 0 Å². The number of esters is 1. The molecule has 0 saturated heterocycles. The third kappa shape index (κ3) is 2.71. The van der Waals surface area contributed by atoms with Crippen LogP contribution in [0.5, 0.6) is 0 Å². The molecule has 3 saturated carbocycles. The van der Waals surface area contributed by atoms with E-state index in [1.54, 1.807) is 12.2 Å². The van der Waals surface area contributed by atoms with Crippen LogP contribution in [0.2, 0.25) is 0 Å². The highest BCUT2D eigenvalue weighted by molar-refractivity contribution is 6.02. The average molecular weight is 400 g/mol. The molecule has 4 aliphatic carbocycles. The first-order valence-corrected chi connectivity index (χ1v) is 10.4. The number of carbonyl (C=O) groups excluding carboxylic acids is 4. The zero-order valence-corrected chi connectivity index (χ0v) is 17.2. The first-order valence-electron chi connectivity index (χ1n) is 10.4. The Hall–Kier alpha value is -2.08. The second-order valence-corrected chi connectivity index (χ2v) is 9.64. The Balaban J connectivity index is 1.67. The number of ketones is 3. The molecule has 0 radical (unpaired) electrons. The zero-order chi connectivity index (χ0) is 21.2. The Morgan fingerprint density at radius 3 is 2.66 bits per heavy atom. The second-order valence-electron chi connectivity index (χ2n) is 9.64. The lowest BCUT2D eigenvalue weighted by molar-refractivity contribution is -0.172. The molecule has 1 N–H and O–H groups in total. The summed E-state index contributed by atoms with van der Waals surface area (Å²) in [5.74, 6) is -1.24. The predicted molar refractivity (Wildman–Crippen MR) is 104 cm³/mol. The molecule has 0 aromatic heterocycles. The summed E-state index contributed by atoms with van der Waals surface area (Å²) in [5.41, 5.74) is -1.99. The molecule has 4 aliphatic rings. The van der Waals surface area contributed by atoms with Gasteiger partial charge in [-0.15, -0.1) is 0 Å². The summed E-state index contributed by atoms with van der Waals surface area (Å²) >= 11 is 0. The number of hydrogen-bond donors (Lipinski definition) is 1. The third-order valence-corrected chi connectivity index (χ3v) is 8.28. The molecule has 0 aromatic carbocycles. The van der Waals surface area contributed by atoms with Crippen molar-refractivity contribution in [2.75, 3.05) is 6.61 Å². The van der Waals surface area contributed by atoms with E-state index >= 15 is 0 Å². The van der Waals surface area contributed by atoms with E-state index in [1.807, 2.05) is 19.9 Å². The molecule has 0 amide bonds. The van der Waals surface area contributed by atoms with Gasteiger partial charge in [-0.05, 0) is 49.7 Å². The van der Waals surface area contributed by atoms with E-state index in [9.17, 15) is 24.3 Å². The number of fused-ring (bicyclic) bond motifs is 5. The summed E-state index contributed by atoms with van der Waals surface area (Å²) in [6, 6.07) is 0. The van der Waals surface area contributed by atoms with Crippen molar-refractivity contribution in [3.05, 3.63) is 23.8 Å². The van der Waals surface area contributed by atoms with Gasteiger partial charge in [-0.2, -0.15) is 0 Å². The zero-order valence-electron chi connectivity index (χ0n) is 17.2. The van der Waals surface area contributed by atoms with Crippen molar-refractivity contribution in [3.63, 3.8) is 0 Å². The Kier molecular flexibility index (Phi) is 4.50. The SMILES string of the molecule is CC(=O)OCC(=O)[C@@]1(O)CC[C@H]2C3CCC4=CC(=O)C=CC4(C)[C@H]3C(=O)CC21C. The van der Waals surface area contributed by atoms with Crippen molar-refractivity contribution in [1.82, 2.24) is 0 Å². The van der Waals surface area contributed by atoms with Crippen LogP contribution in [0.15, 0.2) is 23.8 Å². The minimum atomic E-state index is -1.66. The number of carbonyl (C=O) groups is 4. The summed E-state index contributed by atoms with van der Waals surface area (Å²) in [7, 11) is 0. The van der Waals surface area contributed by atoms with Crippen LogP contribution in [0.3, 0.4) is 0 Å². The lowest BCUT2D eigenvalue weighted by Gasteiger charge is -2.56. The van der Waals surface area contributed by atoms with Gasteiger partial charge < -0.3 is 9.84 Å². The molecule has 0 aromatic rings. The number of allylic oxidation sites excluding steroid dienone is 4. The number of ether oxygens (including phenoxy) is 1. The molecule has 6 nitrogen and oxygen atoms in total. The van der Waals surface area contributed by atoms with Gasteiger partial charge in [-0.3, -0.25) is 19.2 Å².